The van der Waals surface area contributed by atoms with E-state index in [1.165, 1.54) is 29.5 Å². The van der Waals surface area contributed by atoms with E-state index in [9.17, 15) is 0 Å². The zero-order chi connectivity index (χ0) is 13.2. The predicted molar refractivity (Wildman–Crippen MR) is 75.9 cm³/mol. The third-order valence-electron chi connectivity index (χ3n) is 3.83. The van der Waals surface area contributed by atoms with Crippen molar-refractivity contribution in [3.05, 3.63) is 34.9 Å². The van der Waals surface area contributed by atoms with Crippen LogP contribution in [0.1, 0.15) is 49.4 Å². The summed E-state index contributed by atoms with van der Waals surface area (Å²) in [6.45, 7) is 10.6. The molecule has 1 saturated heterocycles. The fourth-order valence-corrected chi connectivity index (χ4v) is 2.72. The topological polar surface area (TPSA) is 21.3 Å². The molecule has 0 radical (unpaired) electrons. The summed E-state index contributed by atoms with van der Waals surface area (Å²) in [6.07, 6.45) is 2.36. The number of rotatable bonds is 4. The molecule has 0 aromatic heterocycles. The average molecular weight is 247 g/mol. The molecule has 1 aliphatic rings. The van der Waals surface area contributed by atoms with Gasteiger partial charge in [0.15, 0.2) is 0 Å². The van der Waals surface area contributed by atoms with Gasteiger partial charge in [0.25, 0.3) is 0 Å². The van der Waals surface area contributed by atoms with Crippen LogP contribution in [0, 0.1) is 13.8 Å². The van der Waals surface area contributed by atoms with Crippen molar-refractivity contribution in [3.63, 3.8) is 0 Å². The molecule has 2 heteroatoms. The molecule has 2 nitrogen and oxygen atoms in total. The quantitative estimate of drug-likeness (QED) is 0.879. The van der Waals surface area contributed by atoms with E-state index in [2.05, 4.69) is 51.2 Å². The Kier molecular flexibility index (Phi) is 4.08. The summed E-state index contributed by atoms with van der Waals surface area (Å²) in [7, 11) is 0. The lowest BCUT2D eigenvalue weighted by Gasteiger charge is -2.26. The fourth-order valence-electron chi connectivity index (χ4n) is 2.72. The molecule has 2 atom stereocenters. The summed E-state index contributed by atoms with van der Waals surface area (Å²) in [5, 5.41) is 3.61. The number of ether oxygens (including phenoxy) is 1. The summed E-state index contributed by atoms with van der Waals surface area (Å²) < 4.78 is 5.81. The molecule has 18 heavy (non-hydrogen) atoms. The monoisotopic (exact) mass is 247 g/mol. The van der Waals surface area contributed by atoms with Gasteiger partial charge < -0.3 is 10.1 Å². The Hall–Kier alpha value is -0.860. The molecule has 1 aromatic carbocycles. The van der Waals surface area contributed by atoms with E-state index < -0.39 is 0 Å². The SMILES string of the molecule is Cc1cc(C)cc(C(C)NCC2(C)CCCO2)c1. The first kappa shape index (κ1) is 13.6. The summed E-state index contributed by atoms with van der Waals surface area (Å²) in [6, 6.07) is 7.13. The standard InChI is InChI=1S/C16H25NO/c1-12-8-13(2)10-15(9-12)14(3)17-11-16(4)6-5-7-18-16/h8-10,14,17H,5-7,11H2,1-4H3. The molecule has 0 spiro atoms. The molecule has 0 saturated carbocycles. The van der Waals surface area contributed by atoms with E-state index in [0.29, 0.717) is 6.04 Å². The molecule has 1 fully saturated rings. The van der Waals surface area contributed by atoms with Crippen LogP contribution in [0.4, 0.5) is 0 Å². The highest BCUT2D eigenvalue weighted by molar-refractivity contribution is 5.30. The van der Waals surface area contributed by atoms with E-state index in [-0.39, 0.29) is 5.60 Å². The molecule has 2 unspecified atom stereocenters. The first-order valence-electron chi connectivity index (χ1n) is 6.94. The van der Waals surface area contributed by atoms with Gasteiger partial charge in [-0.1, -0.05) is 29.3 Å². The maximum Gasteiger partial charge on any atom is 0.0779 e. The van der Waals surface area contributed by atoms with Crippen molar-refractivity contribution in [2.24, 2.45) is 0 Å². The lowest BCUT2D eigenvalue weighted by atomic mass is 10.00. The molecule has 1 aliphatic heterocycles. The van der Waals surface area contributed by atoms with Crippen LogP contribution in [0.25, 0.3) is 0 Å². The zero-order valence-electron chi connectivity index (χ0n) is 12.0. The van der Waals surface area contributed by atoms with Crippen LogP contribution in [-0.2, 0) is 4.74 Å². The minimum Gasteiger partial charge on any atom is -0.374 e. The van der Waals surface area contributed by atoms with Gasteiger partial charge in [0.05, 0.1) is 5.60 Å². The van der Waals surface area contributed by atoms with E-state index in [0.717, 1.165) is 13.2 Å². The zero-order valence-corrected chi connectivity index (χ0v) is 12.0. The number of benzene rings is 1. The fraction of sp³-hybridized carbons (Fsp3) is 0.625. The van der Waals surface area contributed by atoms with Crippen molar-refractivity contribution in [2.75, 3.05) is 13.2 Å². The van der Waals surface area contributed by atoms with E-state index in [4.69, 9.17) is 4.74 Å². The summed E-state index contributed by atoms with van der Waals surface area (Å²) >= 11 is 0. The van der Waals surface area contributed by atoms with Crippen LogP contribution in [0.5, 0.6) is 0 Å². The van der Waals surface area contributed by atoms with Crippen molar-refractivity contribution in [3.8, 4) is 0 Å². The summed E-state index contributed by atoms with van der Waals surface area (Å²) in [5.74, 6) is 0. The van der Waals surface area contributed by atoms with Gasteiger partial charge in [-0.2, -0.15) is 0 Å². The van der Waals surface area contributed by atoms with E-state index >= 15 is 0 Å². The summed E-state index contributed by atoms with van der Waals surface area (Å²) in [4.78, 5) is 0. The predicted octanol–water partition coefficient (Wildman–Crippen LogP) is 3.52. The van der Waals surface area contributed by atoms with Gasteiger partial charge in [0.2, 0.25) is 0 Å². The largest absolute Gasteiger partial charge is 0.374 e. The molecule has 0 aliphatic carbocycles. The van der Waals surface area contributed by atoms with Crippen LogP contribution >= 0.6 is 0 Å². The Morgan fingerprint density at radius 3 is 2.50 bits per heavy atom. The number of hydrogen-bond acceptors (Lipinski definition) is 2. The number of hydrogen-bond donors (Lipinski definition) is 1. The van der Waals surface area contributed by atoms with Crippen LogP contribution in [0.2, 0.25) is 0 Å². The third-order valence-corrected chi connectivity index (χ3v) is 3.83. The van der Waals surface area contributed by atoms with E-state index in [1.54, 1.807) is 0 Å². The Bertz CT molecular complexity index is 387. The Labute approximate surface area is 111 Å². The van der Waals surface area contributed by atoms with Crippen LogP contribution in [-0.4, -0.2) is 18.8 Å². The Morgan fingerprint density at radius 1 is 1.28 bits per heavy atom. The minimum atomic E-state index is 0.0349. The highest BCUT2D eigenvalue weighted by Crippen LogP contribution is 2.25. The Balaban J connectivity index is 1.96. The minimum absolute atomic E-state index is 0.0349. The average Bonchev–Trinajstić information content (AvgIpc) is 2.72. The first-order chi connectivity index (χ1) is 8.48. The van der Waals surface area contributed by atoms with Crippen molar-refractivity contribution < 1.29 is 4.74 Å². The highest BCUT2D eigenvalue weighted by Gasteiger charge is 2.29. The van der Waals surface area contributed by atoms with Gasteiger partial charge in [-0.15, -0.1) is 0 Å². The molecule has 100 valence electrons. The lowest BCUT2D eigenvalue weighted by Crippen LogP contribution is -2.38. The molecular formula is C16H25NO. The van der Waals surface area contributed by atoms with Gasteiger partial charge in [-0.25, -0.2) is 0 Å². The van der Waals surface area contributed by atoms with Gasteiger partial charge in [0, 0.05) is 19.2 Å². The second-order valence-corrected chi connectivity index (χ2v) is 5.93. The third kappa shape index (κ3) is 3.33. The van der Waals surface area contributed by atoms with E-state index in [1.807, 2.05) is 0 Å². The maximum absolute atomic E-state index is 5.81. The number of aryl methyl sites for hydroxylation is 2. The molecular weight excluding hydrogens is 222 g/mol. The van der Waals surface area contributed by atoms with Crippen molar-refractivity contribution in [1.29, 1.82) is 0 Å². The van der Waals surface area contributed by atoms with Gasteiger partial charge in [0.1, 0.15) is 0 Å². The van der Waals surface area contributed by atoms with Gasteiger partial charge >= 0.3 is 0 Å². The lowest BCUT2D eigenvalue weighted by molar-refractivity contribution is 0.0191. The highest BCUT2D eigenvalue weighted by atomic mass is 16.5. The molecule has 0 bridgehead atoms. The Morgan fingerprint density at radius 2 is 1.94 bits per heavy atom. The smallest absolute Gasteiger partial charge is 0.0779 e. The maximum atomic E-state index is 5.81. The second-order valence-electron chi connectivity index (χ2n) is 5.93. The van der Waals surface area contributed by atoms with Crippen molar-refractivity contribution in [2.45, 2.75) is 52.2 Å². The molecule has 1 heterocycles. The molecule has 1 aromatic rings. The van der Waals surface area contributed by atoms with Crippen LogP contribution in [0.15, 0.2) is 18.2 Å². The van der Waals surface area contributed by atoms with Crippen molar-refractivity contribution in [1.82, 2.24) is 5.32 Å². The molecule has 2 rings (SSSR count). The first-order valence-corrected chi connectivity index (χ1v) is 6.94. The normalized spacial score (nSPS) is 25.3. The molecule has 0 amide bonds. The molecule has 1 N–H and O–H groups in total. The second kappa shape index (κ2) is 5.41. The van der Waals surface area contributed by atoms with Crippen LogP contribution < -0.4 is 5.32 Å². The summed E-state index contributed by atoms with van der Waals surface area (Å²) in [5.41, 5.74) is 4.07. The van der Waals surface area contributed by atoms with Crippen LogP contribution in [0.3, 0.4) is 0 Å². The van der Waals surface area contributed by atoms with Gasteiger partial charge in [-0.05, 0) is 46.1 Å². The van der Waals surface area contributed by atoms with Gasteiger partial charge in [-0.3, -0.25) is 0 Å². The number of nitrogens with one attached hydrogen (secondary N) is 1. The van der Waals surface area contributed by atoms with Crippen molar-refractivity contribution >= 4 is 0 Å².